The van der Waals surface area contributed by atoms with Gasteiger partial charge >= 0.3 is 0 Å². The summed E-state index contributed by atoms with van der Waals surface area (Å²) in [5.41, 5.74) is 0.849. The highest BCUT2D eigenvalue weighted by atomic mass is 35.5. The van der Waals surface area contributed by atoms with Gasteiger partial charge in [-0.25, -0.2) is 9.67 Å². The molecular formula is C16H19ClN6O2. The van der Waals surface area contributed by atoms with Gasteiger partial charge in [0.25, 0.3) is 5.89 Å². The van der Waals surface area contributed by atoms with Crippen LogP contribution >= 0.6 is 12.4 Å². The molecule has 0 bridgehead atoms. The van der Waals surface area contributed by atoms with Crippen LogP contribution in [0.5, 0.6) is 5.75 Å². The number of methoxy groups -OCH3 is 1. The zero-order chi connectivity index (χ0) is 16.4. The minimum absolute atomic E-state index is 0. The SMILES string of the molecule is COc1ccc(-c2noc(-c3ncn(C4CCCNC4)n3)n2)cc1.Cl. The van der Waals surface area contributed by atoms with E-state index in [9.17, 15) is 0 Å². The predicted octanol–water partition coefficient (Wildman–Crippen LogP) is 2.35. The Bertz CT molecular complexity index is 810. The van der Waals surface area contributed by atoms with Crippen molar-refractivity contribution < 1.29 is 9.26 Å². The number of nitrogens with one attached hydrogen (secondary N) is 1. The van der Waals surface area contributed by atoms with E-state index in [1.807, 2.05) is 28.9 Å². The number of aromatic nitrogens is 5. The van der Waals surface area contributed by atoms with E-state index in [4.69, 9.17) is 9.26 Å². The number of nitrogens with zero attached hydrogens (tertiary/aromatic N) is 5. The minimum atomic E-state index is 0. The smallest absolute Gasteiger partial charge is 0.297 e. The molecule has 132 valence electrons. The second-order valence-corrected chi connectivity index (χ2v) is 5.70. The average Bonchev–Trinajstić information content (AvgIpc) is 3.32. The van der Waals surface area contributed by atoms with Gasteiger partial charge in [0, 0.05) is 12.1 Å². The van der Waals surface area contributed by atoms with Gasteiger partial charge in [0.15, 0.2) is 0 Å². The van der Waals surface area contributed by atoms with Gasteiger partial charge in [-0.05, 0) is 43.7 Å². The summed E-state index contributed by atoms with van der Waals surface area (Å²) in [6.07, 6.45) is 3.96. The molecule has 0 saturated carbocycles. The molecule has 25 heavy (non-hydrogen) atoms. The molecule has 0 spiro atoms. The van der Waals surface area contributed by atoms with Crippen LogP contribution in [0, 0.1) is 0 Å². The average molecular weight is 363 g/mol. The van der Waals surface area contributed by atoms with Crippen LogP contribution in [-0.2, 0) is 0 Å². The molecule has 1 N–H and O–H groups in total. The largest absolute Gasteiger partial charge is 0.497 e. The zero-order valence-corrected chi connectivity index (χ0v) is 14.6. The molecule has 1 fully saturated rings. The minimum Gasteiger partial charge on any atom is -0.497 e. The van der Waals surface area contributed by atoms with Crippen molar-refractivity contribution in [3.63, 3.8) is 0 Å². The van der Waals surface area contributed by atoms with Crippen molar-refractivity contribution in [1.82, 2.24) is 30.2 Å². The van der Waals surface area contributed by atoms with Crippen molar-refractivity contribution in [2.45, 2.75) is 18.9 Å². The number of piperidine rings is 1. The van der Waals surface area contributed by atoms with Gasteiger partial charge in [0.1, 0.15) is 12.1 Å². The molecule has 8 nitrogen and oxygen atoms in total. The van der Waals surface area contributed by atoms with Crippen molar-refractivity contribution in [3.05, 3.63) is 30.6 Å². The number of halogens is 1. The van der Waals surface area contributed by atoms with Crippen LogP contribution in [0.2, 0.25) is 0 Å². The molecule has 0 amide bonds. The Morgan fingerprint density at radius 2 is 2.08 bits per heavy atom. The molecule has 9 heteroatoms. The van der Waals surface area contributed by atoms with E-state index in [0.29, 0.717) is 23.6 Å². The molecule has 3 heterocycles. The van der Waals surface area contributed by atoms with Crippen molar-refractivity contribution in [2.75, 3.05) is 20.2 Å². The van der Waals surface area contributed by atoms with Crippen molar-refractivity contribution in [2.24, 2.45) is 0 Å². The van der Waals surface area contributed by atoms with E-state index in [0.717, 1.165) is 37.2 Å². The maximum atomic E-state index is 5.32. The molecule has 1 unspecified atom stereocenters. The highest BCUT2D eigenvalue weighted by Crippen LogP contribution is 2.23. The van der Waals surface area contributed by atoms with Gasteiger partial charge < -0.3 is 14.6 Å². The van der Waals surface area contributed by atoms with E-state index in [1.54, 1.807) is 13.4 Å². The quantitative estimate of drug-likeness (QED) is 0.761. The van der Waals surface area contributed by atoms with Gasteiger partial charge in [-0.1, -0.05) is 5.16 Å². The second kappa shape index (κ2) is 7.62. The van der Waals surface area contributed by atoms with Crippen LogP contribution in [0.4, 0.5) is 0 Å². The van der Waals surface area contributed by atoms with Gasteiger partial charge in [0.2, 0.25) is 11.6 Å². The van der Waals surface area contributed by atoms with Crippen LogP contribution in [0.3, 0.4) is 0 Å². The Balaban J connectivity index is 0.00000182. The molecule has 4 rings (SSSR count). The van der Waals surface area contributed by atoms with Crippen LogP contribution in [-0.4, -0.2) is 45.1 Å². The predicted molar refractivity (Wildman–Crippen MR) is 93.7 cm³/mol. The lowest BCUT2D eigenvalue weighted by Crippen LogP contribution is -2.31. The summed E-state index contributed by atoms with van der Waals surface area (Å²) >= 11 is 0. The summed E-state index contributed by atoms with van der Waals surface area (Å²) in [7, 11) is 1.63. The molecule has 1 atom stereocenters. The summed E-state index contributed by atoms with van der Waals surface area (Å²) in [4.78, 5) is 8.70. The Labute approximate surface area is 151 Å². The monoisotopic (exact) mass is 362 g/mol. The third kappa shape index (κ3) is 3.64. The first-order valence-electron chi connectivity index (χ1n) is 7.94. The summed E-state index contributed by atoms with van der Waals surface area (Å²) in [6.45, 7) is 1.97. The summed E-state index contributed by atoms with van der Waals surface area (Å²) in [6, 6.07) is 7.80. The van der Waals surface area contributed by atoms with E-state index in [-0.39, 0.29) is 12.4 Å². The lowest BCUT2D eigenvalue weighted by molar-refractivity contribution is 0.345. The standard InChI is InChI=1S/C16H18N6O2.ClH/c1-23-13-6-4-11(5-7-13)14-19-16(24-21-14)15-18-10-22(20-15)12-3-2-8-17-9-12;/h4-7,10,12,17H,2-3,8-9H2,1H3;1H. The molecule has 1 aliphatic rings. The first-order valence-corrected chi connectivity index (χ1v) is 7.94. The van der Waals surface area contributed by atoms with Crippen molar-refractivity contribution >= 4 is 12.4 Å². The van der Waals surface area contributed by atoms with Gasteiger partial charge in [-0.3, -0.25) is 0 Å². The van der Waals surface area contributed by atoms with Crippen LogP contribution in [0.25, 0.3) is 23.1 Å². The maximum Gasteiger partial charge on any atom is 0.297 e. The lowest BCUT2D eigenvalue weighted by atomic mass is 10.1. The fourth-order valence-corrected chi connectivity index (χ4v) is 2.78. The maximum absolute atomic E-state index is 5.32. The molecule has 1 aliphatic heterocycles. The van der Waals surface area contributed by atoms with E-state index < -0.39 is 0 Å². The third-order valence-corrected chi connectivity index (χ3v) is 4.12. The molecular weight excluding hydrogens is 344 g/mol. The van der Waals surface area contributed by atoms with Crippen LogP contribution in [0.15, 0.2) is 35.1 Å². The molecule has 0 aliphatic carbocycles. The first kappa shape index (κ1) is 17.4. The Kier molecular flexibility index (Phi) is 5.30. The second-order valence-electron chi connectivity index (χ2n) is 5.70. The molecule has 1 saturated heterocycles. The molecule has 3 aromatic rings. The number of rotatable bonds is 4. The van der Waals surface area contributed by atoms with E-state index in [1.165, 1.54) is 0 Å². The molecule has 2 aromatic heterocycles. The molecule has 0 radical (unpaired) electrons. The summed E-state index contributed by atoms with van der Waals surface area (Å²) in [5, 5.41) is 11.9. The lowest BCUT2D eigenvalue weighted by Gasteiger charge is -2.22. The van der Waals surface area contributed by atoms with Crippen molar-refractivity contribution in [1.29, 1.82) is 0 Å². The van der Waals surface area contributed by atoms with Gasteiger partial charge in [0.05, 0.1) is 13.2 Å². The highest BCUT2D eigenvalue weighted by molar-refractivity contribution is 5.85. The fourth-order valence-electron chi connectivity index (χ4n) is 2.78. The number of ether oxygens (including phenoxy) is 1. The topological polar surface area (TPSA) is 90.9 Å². The zero-order valence-electron chi connectivity index (χ0n) is 13.8. The third-order valence-electron chi connectivity index (χ3n) is 4.12. The Morgan fingerprint density at radius 1 is 1.24 bits per heavy atom. The van der Waals surface area contributed by atoms with E-state index in [2.05, 4.69) is 25.5 Å². The normalized spacial score (nSPS) is 17.1. The Hall–Kier alpha value is -2.45. The van der Waals surface area contributed by atoms with Crippen LogP contribution in [0.1, 0.15) is 18.9 Å². The fraction of sp³-hybridized carbons (Fsp3) is 0.375. The van der Waals surface area contributed by atoms with E-state index >= 15 is 0 Å². The van der Waals surface area contributed by atoms with Gasteiger partial charge in [-0.15, -0.1) is 17.5 Å². The van der Waals surface area contributed by atoms with Gasteiger partial charge in [-0.2, -0.15) is 4.98 Å². The van der Waals surface area contributed by atoms with Crippen LogP contribution < -0.4 is 10.1 Å². The Morgan fingerprint density at radius 3 is 2.80 bits per heavy atom. The molecule has 1 aromatic carbocycles. The summed E-state index contributed by atoms with van der Waals surface area (Å²) < 4.78 is 12.3. The summed E-state index contributed by atoms with van der Waals surface area (Å²) in [5.74, 6) is 2.06. The van der Waals surface area contributed by atoms with Crippen molar-refractivity contribution in [3.8, 4) is 28.9 Å². The number of hydrogen-bond acceptors (Lipinski definition) is 7. The number of benzene rings is 1. The first-order chi connectivity index (χ1) is 11.8. The highest BCUT2D eigenvalue weighted by Gasteiger charge is 2.19. The number of hydrogen-bond donors (Lipinski definition) is 1.